The summed E-state index contributed by atoms with van der Waals surface area (Å²) >= 11 is 0. The first-order valence-electron chi connectivity index (χ1n) is 7.57. The smallest absolute Gasteiger partial charge is 0.243 e. The molecule has 0 aromatic heterocycles. The van der Waals surface area contributed by atoms with E-state index in [9.17, 15) is 13.2 Å². The van der Waals surface area contributed by atoms with Crippen molar-refractivity contribution in [1.29, 1.82) is 0 Å². The number of morpholine rings is 1. The summed E-state index contributed by atoms with van der Waals surface area (Å²) in [5.74, 6) is -0.337. The van der Waals surface area contributed by atoms with E-state index in [-0.39, 0.29) is 29.1 Å². The highest BCUT2D eigenvalue weighted by atomic mass is 35.5. The van der Waals surface area contributed by atoms with E-state index in [1.54, 1.807) is 12.1 Å². The third-order valence-corrected chi connectivity index (χ3v) is 5.63. The molecule has 136 valence electrons. The van der Waals surface area contributed by atoms with Crippen molar-refractivity contribution in [2.45, 2.75) is 24.8 Å². The fourth-order valence-corrected chi connectivity index (χ4v) is 3.65. The molecule has 0 bridgehead atoms. The van der Waals surface area contributed by atoms with Gasteiger partial charge in [0.15, 0.2) is 0 Å². The van der Waals surface area contributed by atoms with Crippen LogP contribution in [0.5, 0.6) is 0 Å². The minimum atomic E-state index is -3.59. The third-order valence-electron chi connectivity index (χ3n) is 3.73. The maximum Gasteiger partial charge on any atom is 0.243 e. The normalized spacial score (nSPS) is 17.2. The van der Waals surface area contributed by atoms with E-state index in [2.05, 4.69) is 5.32 Å². The number of amides is 1. The molecule has 0 radical (unpaired) electrons. The van der Waals surface area contributed by atoms with Crippen LogP contribution in [0.2, 0.25) is 0 Å². The van der Waals surface area contributed by atoms with Gasteiger partial charge in [0.1, 0.15) is 0 Å². The van der Waals surface area contributed by atoms with Gasteiger partial charge in [0, 0.05) is 18.8 Å². The van der Waals surface area contributed by atoms with Gasteiger partial charge < -0.3 is 15.8 Å². The Balaban J connectivity index is 0.00000288. The molecule has 1 saturated heterocycles. The lowest BCUT2D eigenvalue weighted by Gasteiger charge is -2.26. The van der Waals surface area contributed by atoms with Crippen molar-refractivity contribution in [1.82, 2.24) is 4.31 Å². The summed E-state index contributed by atoms with van der Waals surface area (Å²) in [4.78, 5) is 12.2. The molecule has 0 aliphatic carbocycles. The maximum atomic E-state index is 12.6. The lowest BCUT2D eigenvalue weighted by Crippen LogP contribution is -2.41. The number of carbonyl (C=O) groups excluding carboxylic acids is 1. The van der Waals surface area contributed by atoms with Gasteiger partial charge in [-0.1, -0.05) is 19.9 Å². The van der Waals surface area contributed by atoms with Gasteiger partial charge in [-0.2, -0.15) is 4.31 Å². The fraction of sp³-hybridized carbons (Fsp3) is 0.533. The summed E-state index contributed by atoms with van der Waals surface area (Å²) < 4.78 is 31.8. The zero-order chi connectivity index (χ0) is 17.0. The maximum absolute atomic E-state index is 12.6. The van der Waals surface area contributed by atoms with Crippen LogP contribution < -0.4 is 11.1 Å². The zero-order valence-corrected chi connectivity index (χ0v) is 15.4. The lowest BCUT2D eigenvalue weighted by atomic mass is 10.1. The molecule has 1 aromatic carbocycles. The standard InChI is InChI=1S/C15H23N3O4S.ClH/c1-11(2)14(16)15(19)17-12-4-3-5-13(10-12)23(20,21)18-6-8-22-9-7-18;/h3-5,10-11,14H,6-9,16H2,1-2H3,(H,17,19);1H/t14-;/m0./s1. The van der Waals surface area contributed by atoms with Crippen LogP contribution in [0.25, 0.3) is 0 Å². The molecular weight excluding hydrogens is 354 g/mol. The second-order valence-electron chi connectivity index (χ2n) is 5.80. The van der Waals surface area contributed by atoms with E-state index in [4.69, 9.17) is 10.5 Å². The molecule has 1 heterocycles. The molecule has 3 N–H and O–H groups in total. The number of benzene rings is 1. The Morgan fingerprint density at radius 1 is 1.29 bits per heavy atom. The van der Waals surface area contributed by atoms with Gasteiger partial charge in [0.2, 0.25) is 15.9 Å². The van der Waals surface area contributed by atoms with Crippen molar-refractivity contribution < 1.29 is 17.9 Å². The number of nitrogens with one attached hydrogen (secondary N) is 1. The van der Waals surface area contributed by atoms with E-state index in [1.165, 1.54) is 16.4 Å². The van der Waals surface area contributed by atoms with Crippen LogP contribution in [0, 0.1) is 5.92 Å². The molecule has 2 rings (SSSR count). The summed E-state index contributed by atoms with van der Waals surface area (Å²) in [5.41, 5.74) is 6.21. The number of rotatable bonds is 5. The van der Waals surface area contributed by atoms with Gasteiger partial charge >= 0.3 is 0 Å². The Morgan fingerprint density at radius 2 is 1.92 bits per heavy atom. The third kappa shape index (κ3) is 4.90. The number of nitrogens with two attached hydrogens (primary N) is 1. The second kappa shape index (κ2) is 8.77. The van der Waals surface area contributed by atoms with Crippen LogP contribution >= 0.6 is 12.4 Å². The number of hydrogen-bond acceptors (Lipinski definition) is 5. The van der Waals surface area contributed by atoms with E-state index in [1.807, 2.05) is 13.8 Å². The molecule has 1 aliphatic heterocycles. The van der Waals surface area contributed by atoms with Gasteiger partial charge in [0.25, 0.3) is 0 Å². The van der Waals surface area contributed by atoms with Crippen LogP contribution in [0.4, 0.5) is 5.69 Å². The molecule has 1 atom stereocenters. The minimum absolute atomic E-state index is 0. The Morgan fingerprint density at radius 3 is 2.50 bits per heavy atom. The molecule has 0 spiro atoms. The number of ether oxygens (including phenoxy) is 1. The average molecular weight is 378 g/mol. The van der Waals surface area contributed by atoms with E-state index in [0.717, 1.165) is 0 Å². The van der Waals surface area contributed by atoms with Crippen LogP contribution in [-0.4, -0.2) is 51.0 Å². The number of halogens is 1. The van der Waals surface area contributed by atoms with Crippen molar-refractivity contribution in [3.05, 3.63) is 24.3 Å². The largest absolute Gasteiger partial charge is 0.379 e. The Labute approximate surface area is 149 Å². The molecule has 9 heteroatoms. The first-order chi connectivity index (χ1) is 10.8. The van der Waals surface area contributed by atoms with Crippen LogP contribution in [0.3, 0.4) is 0 Å². The average Bonchev–Trinajstić information content (AvgIpc) is 2.55. The Kier molecular flexibility index (Phi) is 7.62. The van der Waals surface area contributed by atoms with E-state index >= 15 is 0 Å². The van der Waals surface area contributed by atoms with Crippen molar-refractivity contribution in [2.24, 2.45) is 11.7 Å². The van der Waals surface area contributed by atoms with Crippen LogP contribution in [-0.2, 0) is 19.6 Å². The molecule has 24 heavy (non-hydrogen) atoms. The van der Waals surface area contributed by atoms with Crippen molar-refractivity contribution in [3.63, 3.8) is 0 Å². The van der Waals surface area contributed by atoms with Gasteiger partial charge in [-0.25, -0.2) is 8.42 Å². The summed E-state index contributed by atoms with van der Waals surface area (Å²) in [6, 6.07) is 5.57. The van der Waals surface area contributed by atoms with Gasteiger partial charge in [-0.3, -0.25) is 4.79 Å². The predicted molar refractivity (Wildman–Crippen MR) is 94.7 cm³/mol. The van der Waals surface area contributed by atoms with Crippen molar-refractivity contribution in [2.75, 3.05) is 31.6 Å². The highest BCUT2D eigenvalue weighted by Gasteiger charge is 2.26. The molecule has 7 nitrogen and oxygen atoms in total. The number of sulfonamides is 1. The summed E-state index contributed by atoms with van der Waals surface area (Å²) in [5, 5.41) is 2.67. The predicted octanol–water partition coefficient (Wildman–Crippen LogP) is 1.05. The molecular formula is C15H24ClN3O4S. The number of hydrogen-bond donors (Lipinski definition) is 2. The zero-order valence-electron chi connectivity index (χ0n) is 13.8. The Bertz CT molecular complexity index is 660. The number of nitrogens with zero attached hydrogens (tertiary/aromatic N) is 1. The summed E-state index contributed by atoms with van der Waals surface area (Å²) in [7, 11) is -3.59. The quantitative estimate of drug-likeness (QED) is 0.798. The molecule has 1 aromatic rings. The summed E-state index contributed by atoms with van der Waals surface area (Å²) in [6.07, 6.45) is 0. The molecule has 1 amide bonds. The minimum Gasteiger partial charge on any atom is -0.379 e. The first kappa shape index (κ1) is 20.9. The molecule has 0 saturated carbocycles. The van der Waals surface area contributed by atoms with Crippen molar-refractivity contribution >= 4 is 34.0 Å². The fourth-order valence-electron chi connectivity index (χ4n) is 2.20. The van der Waals surface area contributed by atoms with Crippen molar-refractivity contribution in [3.8, 4) is 0 Å². The summed E-state index contributed by atoms with van der Waals surface area (Å²) in [6.45, 7) is 5.14. The van der Waals surface area contributed by atoms with Crippen LogP contribution in [0.15, 0.2) is 29.2 Å². The SMILES string of the molecule is CC(C)[C@H](N)C(=O)Nc1cccc(S(=O)(=O)N2CCOCC2)c1.Cl. The first-order valence-corrected chi connectivity index (χ1v) is 9.01. The highest BCUT2D eigenvalue weighted by molar-refractivity contribution is 7.89. The van der Waals surface area contributed by atoms with Crippen LogP contribution in [0.1, 0.15) is 13.8 Å². The molecule has 0 unspecified atom stereocenters. The van der Waals surface area contributed by atoms with Gasteiger partial charge in [-0.15, -0.1) is 12.4 Å². The monoisotopic (exact) mass is 377 g/mol. The number of carbonyl (C=O) groups is 1. The van der Waals surface area contributed by atoms with E-state index in [0.29, 0.717) is 32.0 Å². The second-order valence-corrected chi connectivity index (χ2v) is 7.74. The van der Waals surface area contributed by atoms with Gasteiger partial charge in [0.05, 0.1) is 24.2 Å². The van der Waals surface area contributed by atoms with Gasteiger partial charge in [-0.05, 0) is 24.1 Å². The van der Waals surface area contributed by atoms with E-state index < -0.39 is 16.1 Å². The lowest BCUT2D eigenvalue weighted by molar-refractivity contribution is -0.118. The Hall–Kier alpha value is -1.19. The number of anilines is 1. The topological polar surface area (TPSA) is 102 Å². The highest BCUT2D eigenvalue weighted by Crippen LogP contribution is 2.20. The molecule has 1 aliphatic rings. The molecule has 1 fully saturated rings.